The van der Waals surface area contributed by atoms with Gasteiger partial charge in [0.15, 0.2) is 0 Å². The molecule has 0 bridgehead atoms. The predicted molar refractivity (Wildman–Crippen MR) is 111 cm³/mol. The lowest BCUT2D eigenvalue weighted by molar-refractivity contribution is -0.124. The second-order valence-corrected chi connectivity index (χ2v) is 6.16. The summed E-state index contributed by atoms with van der Waals surface area (Å²) < 4.78 is 5.10. The first kappa shape index (κ1) is 19.9. The Kier molecular flexibility index (Phi) is 6.40. The molecule has 6 heteroatoms. The molecule has 3 N–H and O–H groups in total. The number of carbonyl (C=O) groups excluding carboxylic acids is 2. The van der Waals surface area contributed by atoms with Crippen molar-refractivity contribution < 1.29 is 19.5 Å². The zero-order chi connectivity index (χ0) is 20.6. The van der Waals surface area contributed by atoms with Crippen molar-refractivity contribution in [2.75, 3.05) is 12.4 Å². The lowest BCUT2D eigenvalue weighted by Crippen LogP contribution is -2.16. The van der Waals surface area contributed by atoms with Crippen molar-refractivity contribution in [3.05, 3.63) is 102 Å². The first-order valence-electron chi connectivity index (χ1n) is 8.87. The Labute approximate surface area is 168 Å². The molecule has 0 saturated heterocycles. The van der Waals surface area contributed by atoms with Crippen molar-refractivity contribution in [1.29, 1.82) is 0 Å². The van der Waals surface area contributed by atoms with Crippen LogP contribution >= 0.6 is 0 Å². The normalized spacial score (nSPS) is 10.9. The van der Waals surface area contributed by atoms with E-state index < -0.39 is 5.91 Å². The van der Waals surface area contributed by atoms with Crippen molar-refractivity contribution >= 4 is 23.1 Å². The van der Waals surface area contributed by atoms with Crippen LogP contribution in [0.25, 0.3) is 5.57 Å². The average molecular weight is 388 g/mol. The van der Waals surface area contributed by atoms with Crippen LogP contribution in [0, 0.1) is 0 Å². The Morgan fingerprint density at radius 3 is 2.21 bits per heavy atom. The van der Waals surface area contributed by atoms with Crippen LogP contribution in [0.3, 0.4) is 0 Å². The Balaban J connectivity index is 1.89. The van der Waals surface area contributed by atoms with E-state index in [1.165, 1.54) is 6.08 Å². The maximum Gasteiger partial charge on any atom is 0.267 e. The van der Waals surface area contributed by atoms with Gasteiger partial charge in [-0.15, -0.1) is 0 Å². The van der Waals surface area contributed by atoms with Gasteiger partial charge in [-0.1, -0.05) is 42.5 Å². The van der Waals surface area contributed by atoms with Gasteiger partial charge in [-0.3, -0.25) is 14.8 Å². The third-order valence-corrected chi connectivity index (χ3v) is 4.25. The van der Waals surface area contributed by atoms with Gasteiger partial charge < -0.3 is 10.1 Å². The molecule has 3 aromatic carbocycles. The van der Waals surface area contributed by atoms with Crippen molar-refractivity contribution in [2.45, 2.75) is 0 Å². The first-order valence-corrected chi connectivity index (χ1v) is 8.87. The fourth-order valence-electron chi connectivity index (χ4n) is 2.82. The number of anilines is 1. The van der Waals surface area contributed by atoms with E-state index >= 15 is 0 Å². The topological polar surface area (TPSA) is 87.7 Å². The van der Waals surface area contributed by atoms with Crippen LogP contribution in [0.4, 0.5) is 5.69 Å². The zero-order valence-corrected chi connectivity index (χ0v) is 15.8. The zero-order valence-electron chi connectivity index (χ0n) is 15.8. The van der Waals surface area contributed by atoms with Crippen LogP contribution in [0.1, 0.15) is 21.5 Å². The highest BCUT2D eigenvalue weighted by Crippen LogP contribution is 2.26. The predicted octanol–water partition coefficient (Wildman–Crippen LogP) is 3.88. The van der Waals surface area contributed by atoms with E-state index in [1.54, 1.807) is 55.1 Å². The SMILES string of the molecule is COc1ccc(C(=O)Nc2cccc(C(=CC(=O)NO)c3ccccc3)c2)cc1. The third-order valence-electron chi connectivity index (χ3n) is 4.25. The summed E-state index contributed by atoms with van der Waals surface area (Å²) in [5.74, 6) is -0.233. The molecule has 0 saturated carbocycles. The smallest absolute Gasteiger partial charge is 0.267 e. The molecule has 0 aliphatic heterocycles. The minimum atomic E-state index is -0.642. The maximum absolute atomic E-state index is 12.5. The molecule has 0 aliphatic carbocycles. The monoisotopic (exact) mass is 388 g/mol. The van der Waals surface area contributed by atoms with E-state index in [4.69, 9.17) is 9.94 Å². The first-order chi connectivity index (χ1) is 14.1. The van der Waals surface area contributed by atoms with E-state index in [2.05, 4.69) is 5.32 Å². The number of hydrogen-bond donors (Lipinski definition) is 3. The van der Waals surface area contributed by atoms with Gasteiger partial charge in [-0.25, -0.2) is 5.48 Å². The molecule has 3 aromatic rings. The Morgan fingerprint density at radius 2 is 1.55 bits per heavy atom. The summed E-state index contributed by atoms with van der Waals surface area (Å²) in [7, 11) is 1.56. The molecule has 6 nitrogen and oxygen atoms in total. The van der Waals surface area contributed by atoms with Gasteiger partial charge in [0.05, 0.1) is 7.11 Å². The van der Waals surface area contributed by atoms with Crippen LogP contribution in [-0.4, -0.2) is 24.1 Å². The van der Waals surface area contributed by atoms with Crippen molar-refractivity contribution in [1.82, 2.24) is 5.48 Å². The van der Waals surface area contributed by atoms with E-state index in [0.717, 1.165) is 5.56 Å². The average Bonchev–Trinajstić information content (AvgIpc) is 2.78. The van der Waals surface area contributed by atoms with Crippen LogP contribution in [0.5, 0.6) is 5.75 Å². The van der Waals surface area contributed by atoms with E-state index in [1.807, 2.05) is 36.4 Å². The Morgan fingerprint density at radius 1 is 0.862 bits per heavy atom. The number of carbonyl (C=O) groups is 2. The number of rotatable bonds is 6. The van der Waals surface area contributed by atoms with Gasteiger partial charge in [0.1, 0.15) is 5.75 Å². The lowest BCUT2D eigenvalue weighted by Gasteiger charge is -2.11. The summed E-state index contributed by atoms with van der Waals surface area (Å²) in [6.07, 6.45) is 1.31. The molecule has 0 aromatic heterocycles. The van der Waals surface area contributed by atoms with Crippen molar-refractivity contribution in [3.63, 3.8) is 0 Å². The van der Waals surface area contributed by atoms with E-state index in [0.29, 0.717) is 28.1 Å². The van der Waals surface area contributed by atoms with Crippen LogP contribution in [0.2, 0.25) is 0 Å². The minimum Gasteiger partial charge on any atom is -0.497 e. The summed E-state index contributed by atoms with van der Waals surface area (Å²) in [4.78, 5) is 24.3. The highest BCUT2D eigenvalue weighted by Gasteiger charge is 2.11. The largest absolute Gasteiger partial charge is 0.497 e. The van der Waals surface area contributed by atoms with Gasteiger partial charge >= 0.3 is 0 Å². The van der Waals surface area contributed by atoms with Crippen LogP contribution in [0.15, 0.2) is 84.9 Å². The number of benzene rings is 3. The van der Waals surface area contributed by atoms with E-state index in [9.17, 15) is 9.59 Å². The van der Waals surface area contributed by atoms with Gasteiger partial charge in [-0.2, -0.15) is 0 Å². The molecule has 146 valence electrons. The standard InChI is InChI=1S/C23H20N2O4/c1-29-20-12-10-17(11-13-20)23(27)24-19-9-5-8-18(14-19)21(15-22(26)25-28)16-6-3-2-4-7-16/h2-15,28H,1H3,(H,24,27)(H,25,26). The number of nitrogens with one attached hydrogen (secondary N) is 2. The molecule has 0 aliphatic rings. The van der Waals surface area contributed by atoms with Gasteiger partial charge in [0.25, 0.3) is 11.8 Å². The molecular formula is C23H20N2O4. The number of hydroxylamine groups is 1. The van der Waals surface area contributed by atoms with Crippen LogP contribution < -0.4 is 15.5 Å². The second-order valence-electron chi connectivity index (χ2n) is 6.16. The highest BCUT2D eigenvalue weighted by molar-refractivity contribution is 6.05. The molecule has 29 heavy (non-hydrogen) atoms. The molecule has 0 fully saturated rings. The fraction of sp³-hybridized carbons (Fsp3) is 0.0435. The summed E-state index contributed by atoms with van der Waals surface area (Å²) in [6, 6.07) is 23.2. The van der Waals surface area contributed by atoms with Crippen LogP contribution in [-0.2, 0) is 4.79 Å². The molecule has 0 atom stereocenters. The molecule has 0 unspecified atom stereocenters. The molecule has 0 spiro atoms. The summed E-state index contributed by atoms with van der Waals surface area (Å²) in [5, 5.41) is 11.8. The molecule has 0 heterocycles. The Bertz CT molecular complexity index is 1030. The number of amides is 2. The molecule has 0 radical (unpaired) electrons. The van der Waals surface area contributed by atoms with Gasteiger partial charge in [0, 0.05) is 17.3 Å². The summed E-state index contributed by atoms with van der Waals surface area (Å²) in [5.41, 5.74) is 4.82. The Hall–Kier alpha value is -3.90. The minimum absolute atomic E-state index is 0.261. The lowest BCUT2D eigenvalue weighted by atomic mass is 9.97. The number of methoxy groups -OCH3 is 1. The summed E-state index contributed by atoms with van der Waals surface area (Å²) in [6.45, 7) is 0. The number of ether oxygens (including phenoxy) is 1. The fourth-order valence-corrected chi connectivity index (χ4v) is 2.82. The van der Waals surface area contributed by atoms with Crippen molar-refractivity contribution in [2.24, 2.45) is 0 Å². The maximum atomic E-state index is 12.5. The van der Waals surface area contributed by atoms with Gasteiger partial charge in [0.2, 0.25) is 0 Å². The van der Waals surface area contributed by atoms with Crippen molar-refractivity contribution in [3.8, 4) is 5.75 Å². The third kappa shape index (κ3) is 5.09. The number of hydrogen-bond acceptors (Lipinski definition) is 4. The second kappa shape index (κ2) is 9.34. The van der Waals surface area contributed by atoms with Gasteiger partial charge in [-0.05, 0) is 53.1 Å². The molecular weight excluding hydrogens is 368 g/mol. The summed E-state index contributed by atoms with van der Waals surface area (Å²) >= 11 is 0. The quantitative estimate of drug-likeness (QED) is 0.340. The molecule has 2 amide bonds. The molecule has 3 rings (SSSR count). The highest BCUT2D eigenvalue weighted by atomic mass is 16.5. The van der Waals surface area contributed by atoms with E-state index in [-0.39, 0.29) is 5.91 Å².